The van der Waals surface area contributed by atoms with Gasteiger partial charge in [0.2, 0.25) is 0 Å². The van der Waals surface area contributed by atoms with E-state index in [9.17, 15) is 17.6 Å². The van der Waals surface area contributed by atoms with Crippen LogP contribution < -0.4 is 10.0 Å². The molecule has 1 amide bonds. The molecule has 148 valence electrons. The van der Waals surface area contributed by atoms with Crippen molar-refractivity contribution < 1.29 is 17.6 Å². The Balaban J connectivity index is 0.00000364. The van der Waals surface area contributed by atoms with Gasteiger partial charge in [0.1, 0.15) is 5.82 Å². The van der Waals surface area contributed by atoms with Gasteiger partial charge in [-0.05, 0) is 63.5 Å². The topological polar surface area (TPSA) is 78.5 Å². The van der Waals surface area contributed by atoms with Crippen LogP contribution in [0.3, 0.4) is 0 Å². The lowest BCUT2D eigenvalue weighted by molar-refractivity contribution is 0.0953. The summed E-state index contributed by atoms with van der Waals surface area (Å²) in [5.41, 5.74) is 0.393. The molecule has 0 fully saturated rings. The van der Waals surface area contributed by atoms with Crippen LogP contribution in [0.1, 0.15) is 16.8 Å². The molecule has 2 rings (SSSR count). The highest BCUT2D eigenvalue weighted by molar-refractivity contribution is 7.92. The summed E-state index contributed by atoms with van der Waals surface area (Å²) >= 11 is 0. The van der Waals surface area contributed by atoms with Gasteiger partial charge in [-0.2, -0.15) is 0 Å². The van der Waals surface area contributed by atoms with Crippen LogP contribution in [-0.2, 0) is 10.0 Å². The lowest BCUT2D eigenvalue weighted by atomic mass is 10.1. The Morgan fingerprint density at radius 1 is 1.07 bits per heavy atom. The first-order chi connectivity index (χ1) is 12.3. The summed E-state index contributed by atoms with van der Waals surface area (Å²) in [5.74, 6) is -0.886. The maximum atomic E-state index is 13.0. The van der Waals surface area contributed by atoms with E-state index in [0.717, 1.165) is 25.1 Å². The van der Waals surface area contributed by atoms with Crippen LogP contribution in [0.15, 0.2) is 53.4 Å². The molecule has 0 unspecified atom stereocenters. The number of anilines is 1. The highest BCUT2D eigenvalue weighted by Crippen LogP contribution is 2.20. The van der Waals surface area contributed by atoms with Gasteiger partial charge in [-0.15, -0.1) is 12.4 Å². The van der Waals surface area contributed by atoms with Gasteiger partial charge < -0.3 is 10.2 Å². The van der Waals surface area contributed by atoms with Crippen LogP contribution in [0.5, 0.6) is 0 Å². The second-order valence-corrected chi connectivity index (χ2v) is 7.70. The van der Waals surface area contributed by atoms with E-state index < -0.39 is 15.8 Å². The van der Waals surface area contributed by atoms with Crippen molar-refractivity contribution in [3.05, 3.63) is 59.9 Å². The van der Waals surface area contributed by atoms with Crippen molar-refractivity contribution in [1.82, 2.24) is 10.2 Å². The van der Waals surface area contributed by atoms with Crippen LogP contribution >= 0.6 is 12.4 Å². The maximum absolute atomic E-state index is 13.0. The van der Waals surface area contributed by atoms with Gasteiger partial charge in [-0.1, -0.05) is 12.1 Å². The number of sulfonamides is 1. The van der Waals surface area contributed by atoms with E-state index in [4.69, 9.17) is 0 Å². The molecule has 0 radical (unpaired) electrons. The van der Waals surface area contributed by atoms with E-state index in [1.54, 1.807) is 18.2 Å². The quantitative estimate of drug-likeness (QED) is 0.650. The van der Waals surface area contributed by atoms with Crippen LogP contribution in [0.4, 0.5) is 10.1 Å². The van der Waals surface area contributed by atoms with E-state index in [0.29, 0.717) is 6.54 Å². The highest BCUT2D eigenvalue weighted by Gasteiger charge is 2.18. The number of hydrogen-bond donors (Lipinski definition) is 2. The minimum atomic E-state index is -3.93. The van der Waals surface area contributed by atoms with Crippen molar-refractivity contribution in [3.63, 3.8) is 0 Å². The predicted octanol–water partition coefficient (Wildman–Crippen LogP) is 2.73. The third kappa shape index (κ3) is 6.82. The SMILES string of the molecule is CN(C)CCCNC(=O)c1ccccc1NS(=O)(=O)c1ccc(F)cc1.Cl. The number of carbonyl (C=O) groups is 1. The predicted molar refractivity (Wildman–Crippen MR) is 106 cm³/mol. The van der Waals surface area contributed by atoms with E-state index >= 15 is 0 Å². The van der Waals surface area contributed by atoms with Crippen molar-refractivity contribution in [2.45, 2.75) is 11.3 Å². The maximum Gasteiger partial charge on any atom is 0.261 e. The summed E-state index contributed by atoms with van der Waals surface area (Å²) in [7, 11) is -0.0343. The highest BCUT2D eigenvalue weighted by atomic mass is 35.5. The Morgan fingerprint density at radius 3 is 2.33 bits per heavy atom. The minimum Gasteiger partial charge on any atom is -0.352 e. The van der Waals surface area contributed by atoms with E-state index in [-0.39, 0.29) is 34.5 Å². The second kappa shape index (κ2) is 10.2. The fraction of sp³-hybridized carbons (Fsp3) is 0.278. The zero-order valence-electron chi connectivity index (χ0n) is 15.1. The summed E-state index contributed by atoms with van der Waals surface area (Å²) in [5, 5.41) is 2.78. The molecule has 0 aromatic heterocycles. The monoisotopic (exact) mass is 415 g/mol. The molecule has 0 bridgehead atoms. The number of carbonyl (C=O) groups excluding carboxylic acids is 1. The molecule has 2 N–H and O–H groups in total. The summed E-state index contributed by atoms with van der Waals surface area (Å²) in [4.78, 5) is 14.3. The summed E-state index contributed by atoms with van der Waals surface area (Å²) in [6.45, 7) is 1.31. The van der Waals surface area contributed by atoms with Crippen LogP contribution in [0.2, 0.25) is 0 Å². The average Bonchev–Trinajstić information content (AvgIpc) is 2.59. The number of para-hydroxylation sites is 1. The molecule has 2 aromatic carbocycles. The van der Waals surface area contributed by atoms with Crippen molar-refractivity contribution in [3.8, 4) is 0 Å². The van der Waals surface area contributed by atoms with Crippen LogP contribution in [0.25, 0.3) is 0 Å². The number of nitrogens with one attached hydrogen (secondary N) is 2. The van der Waals surface area contributed by atoms with Crippen molar-refractivity contribution in [2.24, 2.45) is 0 Å². The number of rotatable bonds is 8. The van der Waals surface area contributed by atoms with Crippen molar-refractivity contribution >= 4 is 34.0 Å². The largest absolute Gasteiger partial charge is 0.352 e. The molecular weight excluding hydrogens is 393 g/mol. The number of nitrogens with zero attached hydrogens (tertiary/aromatic N) is 1. The number of benzene rings is 2. The number of hydrogen-bond acceptors (Lipinski definition) is 4. The molecule has 27 heavy (non-hydrogen) atoms. The molecular formula is C18H23ClFN3O3S. The van der Waals surface area contributed by atoms with Gasteiger partial charge in [0.15, 0.2) is 0 Å². The summed E-state index contributed by atoms with van der Waals surface area (Å²) in [6, 6.07) is 10.8. The molecule has 0 heterocycles. The molecule has 6 nitrogen and oxygen atoms in total. The molecule has 9 heteroatoms. The van der Waals surface area contributed by atoms with Gasteiger partial charge in [0.05, 0.1) is 16.1 Å². The Hall–Kier alpha value is -2.16. The van der Waals surface area contributed by atoms with Gasteiger partial charge in [-0.3, -0.25) is 9.52 Å². The van der Waals surface area contributed by atoms with E-state index in [2.05, 4.69) is 10.0 Å². The minimum absolute atomic E-state index is 0. The molecule has 0 saturated carbocycles. The summed E-state index contributed by atoms with van der Waals surface area (Å²) < 4.78 is 40.3. The van der Waals surface area contributed by atoms with Gasteiger partial charge in [0, 0.05) is 6.54 Å². The van der Waals surface area contributed by atoms with E-state index in [1.807, 2.05) is 19.0 Å². The Morgan fingerprint density at radius 2 is 1.70 bits per heavy atom. The zero-order valence-corrected chi connectivity index (χ0v) is 16.7. The van der Waals surface area contributed by atoms with Gasteiger partial charge in [-0.25, -0.2) is 12.8 Å². The first kappa shape index (κ1) is 22.9. The van der Waals surface area contributed by atoms with Crippen molar-refractivity contribution in [2.75, 3.05) is 31.9 Å². The smallest absolute Gasteiger partial charge is 0.261 e. The van der Waals surface area contributed by atoms with Crippen LogP contribution in [-0.4, -0.2) is 46.4 Å². The fourth-order valence-electron chi connectivity index (χ4n) is 2.28. The van der Waals surface area contributed by atoms with E-state index in [1.165, 1.54) is 18.2 Å². The lowest BCUT2D eigenvalue weighted by Gasteiger charge is -2.13. The van der Waals surface area contributed by atoms with Crippen LogP contribution in [0, 0.1) is 5.82 Å². The van der Waals surface area contributed by atoms with Crippen molar-refractivity contribution in [1.29, 1.82) is 0 Å². The third-order valence-corrected chi connectivity index (χ3v) is 4.99. The number of amides is 1. The average molecular weight is 416 g/mol. The second-order valence-electron chi connectivity index (χ2n) is 6.02. The lowest BCUT2D eigenvalue weighted by Crippen LogP contribution is -2.28. The zero-order chi connectivity index (χ0) is 19.2. The molecule has 0 aliphatic heterocycles. The molecule has 0 aliphatic rings. The number of halogens is 2. The van der Waals surface area contributed by atoms with Gasteiger partial charge in [0.25, 0.3) is 15.9 Å². The normalized spacial score (nSPS) is 11.0. The molecule has 0 saturated heterocycles. The first-order valence-corrected chi connectivity index (χ1v) is 9.58. The Bertz CT molecular complexity index is 858. The molecule has 0 atom stereocenters. The Labute approximate surface area is 165 Å². The standard InChI is InChI=1S/C18H22FN3O3S.ClH/c1-22(2)13-5-12-20-18(23)16-6-3-4-7-17(16)21-26(24,25)15-10-8-14(19)9-11-15;/h3-4,6-11,21H,5,12-13H2,1-2H3,(H,20,23);1H. The Kier molecular flexibility index (Phi) is 8.68. The first-order valence-electron chi connectivity index (χ1n) is 8.10. The fourth-order valence-corrected chi connectivity index (χ4v) is 3.36. The molecule has 0 spiro atoms. The third-order valence-electron chi connectivity index (χ3n) is 3.61. The van der Waals surface area contributed by atoms with Gasteiger partial charge >= 0.3 is 0 Å². The molecule has 0 aliphatic carbocycles. The molecule has 2 aromatic rings. The summed E-state index contributed by atoms with van der Waals surface area (Å²) in [6.07, 6.45) is 0.780.